The van der Waals surface area contributed by atoms with Gasteiger partial charge in [-0.2, -0.15) is 0 Å². The quantitative estimate of drug-likeness (QED) is 0.698. The molecule has 2 rings (SSSR count). The van der Waals surface area contributed by atoms with Gasteiger partial charge in [0, 0.05) is 20.0 Å². The van der Waals surface area contributed by atoms with Crippen LogP contribution in [0.5, 0.6) is 0 Å². The summed E-state index contributed by atoms with van der Waals surface area (Å²) in [6.07, 6.45) is 0.752. The number of rotatable bonds is 1. The Morgan fingerprint density at radius 3 is 2.93 bits per heavy atom. The molecule has 1 aliphatic carbocycles. The molecular weight excluding hydrogens is 196 g/mol. The van der Waals surface area contributed by atoms with Crippen molar-refractivity contribution in [3.05, 3.63) is 11.3 Å². The lowest BCUT2D eigenvalue weighted by Gasteiger charge is -2.34. The zero-order valence-corrected chi connectivity index (χ0v) is 9.03. The molecule has 4 nitrogen and oxygen atoms in total. The summed E-state index contributed by atoms with van der Waals surface area (Å²) in [7, 11) is 1.58. The van der Waals surface area contributed by atoms with Crippen molar-refractivity contribution in [3.63, 3.8) is 0 Å². The molecule has 0 saturated carbocycles. The van der Waals surface area contributed by atoms with Gasteiger partial charge in [0.2, 0.25) is 0 Å². The summed E-state index contributed by atoms with van der Waals surface area (Å²) in [6.45, 7) is 1.96. The van der Waals surface area contributed by atoms with E-state index in [9.17, 15) is 9.90 Å². The number of hydrogen-bond acceptors (Lipinski definition) is 4. The van der Waals surface area contributed by atoms with Gasteiger partial charge in [0.1, 0.15) is 11.9 Å². The predicted molar refractivity (Wildman–Crippen MR) is 53.2 cm³/mol. The van der Waals surface area contributed by atoms with Crippen LogP contribution < -0.4 is 0 Å². The summed E-state index contributed by atoms with van der Waals surface area (Å²) in [6, 6.07) is 0. The van der Waals surface area contributed by atoms with E-state index in [0.717, 1.165) is 5.76 Å². The predicted octanol–water partition coefficient (Wildman–Crippen LogP) is 0.788. The monoisotopic (exact) mass is 212 g/mol. The number of Topliss-reactive ketones (excluding diaryl/α,β-unsaturated/α-hetero) is 1. The first-order valence-corrected chi connectivity index (χ1v) is 5.28. The fourth-order valence-corrected chi connectivity index (χ4v) is 2.24. The smallest absolute Gasteiger partial charge is 0.193 e. The van der Waals surface area contributed by atoms with E-state index in [0.29, 0.717) is 24.8 Å². The van der Waals surface area contributed by atoms with Crippen LogP contribution in [0.4, 0.5) is 0 Å². The number of methoxy groups -OCH3 is 1. The van der Waals surface area contributed by atoms with Gasteiger partial charge in [-0.05, 0) is 13.3 Å². The van der Waals surface area contributed by atoms with Crippen molar-refractivity contribution in [1.82, 2.24) is 0 Å². The summed E-state index contributed by atoms with van der Waals surface area (Å²) < 4.78 is 10.9. The number of aliphatic hydroxyl groups is 1. The van der Waals surface area contributed by atoms with Gasteiger partial charge in [0.05, 0.1) is 17.8 Å². The minimum Gasteiger partial charge on any atom is -0.494 e. The zero-order chi connectivity index (χ0) is 11.0. The van der Waals surface area contributed by atoms with Gasteiger partial charge in [-0.1, -0.05) is 0 Å². The third-order valence-electron chi connectivity index (χ3n) is 3.01. The fourth-order valence-electron chi connectivity index (χ4n) is 2.24. The highest BCUT2D eigenvalue weighted by atomic mass is 16.5. The lowest BCUT2D eigenvalue weighted by Crippen LogP contribution is -2.39. The third kappa shape index (κ3) is 1.79. The maximum atomic E-state index is 11.8. The van der Waals surface area contributed by atoms with Crippen LogP contribution in [0.25, 0.3) is 0 Å². The van der Waals surface area contributed by atoms with Gasteiger partial charge >= 0.3 is 0 Å². The molecule has 0 radical (unpaired) electrons. The molecule has 0 unspecified atom stereocenters. The first-order valence-electron chi connectivity index (χ1n) is 5.28. The number of allylic oxidation sites excluding steroid dienone is 1. The van der Waals surface area contributed by atoms with Crippen LogP contribution in [0.2, 0.25) is 0 Å². The summed E-state index contributed by atoms with van der Waals surface area (Å²) in [5, 5.41) is 9.50. The van der Waals surface area contributed by atoms with Gasteiger partial charge in [-0.3, -0.25) is 4.79 Å². The topological polar surface area (TPSA) is 55.8 Å². The molecule has 0 aromatic rings. The van der Waals surface area contributed by atoms with Gasteiger partial charge in [-0.25, -0.2) is 0 Å². The number of hydrogen-bond donors (Lipinski definition) is 1. The van der Waals surface area contributed by atoms with E-state index in [2.05, 4.69) is 0 Å². The molecule has 0 spiro atoms. The van der Waals surface area contributed by atoms with Crippen molar-refractivity contribution in [3.8, 4) is 0 Å². The molecule has 1 N–H and O–H groups in total. The van der Waals surface area contributed by atoms with Gasteiger partial charge in [-0.15, -0.1) is 0 Å². The normalized spacial score (nSPS) is 36.2. The van der Waals surface area contributed by atoms with Crippen molar-refractivity contribution in [2.45, 2.75) is 44.5 Å². The second-order valence-electron chi connectivity index (χ2n) is 4.14. The summed E-state index contributed by atoms with van der Waals surface area (Å²) in [5.74, 6) is 0.492. The lowest BCUT2D eigenvalue weighted by atomic mass is 9.86. The standard InChI is InChI=1S/C11H16O4/c1-6-5-9(14-2)10-8(15-6)4-3-7(12)11(10)13/h6-7,9,12H,3-5H2,1-2H3/t6-,7+,9-/m1/s1. The summed E-state index contributed by atoms with van der Waals surface area (Å²) in [4.78, 5) is 11.8. The van der Waals surface area contributed by atoms with E-state index < -0.39 is 6.10 Å². The second-order valence-corrected chi connectivity index (χ2v) is 4.14. The molecule has 0 bridgehead atoms. The Labute approximate surface area is 88.9 Å². The zero-order valence-electron chi connectivity index (χ0n) is 9.03. The summed E-state index contributed by atoms with van der Waals surface area (Å²) >= 11 is 0. The molecule has 3 atom stereocenters. The average molecular weight is 212 g/mol. The number of carbonyl (C=O) groups is 1. The van der Waals surface area contributed by atoms with E-state index in [1.807, 2.05) is 6.92 Å². The molecule has 4 heteroatoms. The SMILES string of the molecule is CO[C@@H]1C[C@@H](C)OC2=C1C(=O)[C@@H](O)CC2. The van der Waals surface area contributed by atoms with Crippen LogP contribution in [0, 0.1) is 0 Å². The van der Waals surface area contributed by atoms with Crippen LogP contribution >= 0.6 is 0 Å². The Bertz CT molecular complexity index is 308. The maximum absolute atomic E-state index is 11.8. The summed E-state index contributed by atoms with van der Waals surface area (Å²) in [5.41, 5.74) is 0.550. The van der Waals surface area contributed by atoms with Gasteiger partial charge in [0.15, 0.2) is 5.78 Å². The first kappa shape index (κ1) is 10.6. The molecule has 0 fully saturated rings. The Kier molecular flexibility index (Phi) is 2.80. The van der Waals surface area contributed by atoms with E-state index >= 15 is 0 Å². The number of ketones is 1. The molecule has 15 heavy (non-hydrogen) atoms. The van der Waals surface area contributed by atoms with E-state index in [1.165, 1.54) is 0 Å². The highest BCUT2D eigenvalue weighted by Crippen LogP contribution is 2.34. The fraction of sp³-hybridized carbons (Fsp3) is 0.727. The van der Waals surface area contributed by atoms with Crippen molar-refractivity contribution in [2.24, 2.45) is 0 Å². The first-order chi connectivity index (χ1) is 7.13. The van der Waals surface area contributed by atoms with E-state index in [-0.39, 0.29) is 18.0 Å². The molecule has 0 saturated heterocycles. The van der Waals surface area contributed by atoms with Crippen LogP contribution in [0.1, 0.15) is 26.2 Å². The van der Waals surface area contributed by atoms with E-state index in [1.54, 1.807) is 7.11 Å². The minimum absolute atomic E-state index is 0.0803. The third-order valence-corrected chi connectivity index (χ3v) is 3.01. The van der Waals surface area contributed by atoms with Gasteiger partial charge in [0.25, 0.3) is 0 Å². The molecule has 84 valence electrons. The van der Waals surface area contributed by atoms with Crippen molar-refractivity contribution in [2.75, 3.05) is 7.11 Å². The van der Waals surface area contributed by atoms with Crippen LogP contribution in [0.3, 0.4) is 0 Å². The van der Waals surface area contributed by atoms with Crippen LogP contribution in [-0.2, 0) is 14.3 Å². The molecule has 1 heterocycles. The Morgan fingerprint density at radius 1 is 1.53 bits per heavy atom. The second kappa shape index (κ2) is 3.94. The highest BCUT2D eigenvalue weighted by molar-refractivity contribution is 6.01. The number of aliphatic hydroxyl groups excluding tert-OH is 1. The minimum atomic E-state index is -0.876. The Balaban J connectivity index is 2.34. The average Bonchev–Trinajstić information content (AvgIpc) is 2.22. The van der Waals surface area contributed by atoms with Crippen LogP contribution in [0.15, 0.2) is 11.3 Å². The van der Waals surface area contributed by atoms with Crippen molar-refractivity contribution < 1.29 is 19.4 Å². The Morgan fingerprint density at radius 2 is 2.27 bits per heavy atom. The molecule has 0 amide bonds. The van der Waals surface area contributed by atoms with Crippen molar-refractivity contribution in [1.29, 1.82) is 0 Å². The Hall–Kier alpha value is -0.870. The molecular formula is C11H16O4. The lowest BCUT2D eigenvalue weighted by molar-refractivity contribution is -0.128. The number of ether oxygens (including phenoxy) is 2. The van der Waals surface area contributed by atoms with Crippen LogP contribution in [-0.4, -0.2) is 36.3 Å². The number of carbonyl (C=O) groups excluding carboxylic acids is 1. The maximum Gasteiger partial charge on any atom is 0.193 e. The highest BCUT2D eigenvalue weighted by Gasteiger charge is 2.38. The molecule has 0 aromatic heterocycles. The molecule has 1 aliphatic heterocycles. The largest absolute Gasteiger partial charge is 0.494 e. The molecule has 0 aromatic carbocycles. The van der Waals surface area contributed by atoms with E-state index in [4.69, 9.17) is 9.47 Å². The molecule has 2 aliphatic rings. The van der Waals surface area contributed by atoms with Crippen molar-refractivity contribution >= 4 is 5.78 Å². The van der Waals surface area contributed by atoms with Gasteiger partial charge < -0.3 is 14.6 Å².